The smallest absolute Gasteiger partial charge is 0.193 e. The zero-order valence-corrected chi connectivity index (χ0v) is 18.6. The third kappa shape index (κ3) is 4.07. The minimum atomic E-state index is -0.444. The molecule has 33 heavy (non-hydrogen) atoms. The second-order valence-electron chi connectivity index (χ2n) is 9.54. The van der Waals surface area contributed by atoms with Gasteiger partial charge < -0.3 is 10.6 Å². The lowest BCUT2D eigenvalue weighted by atomic mass is 9.73. The van der Waals surface area contributed by atoms with Crippen LogP contribution in [0.25, 0.3) is 0 Å². The Kier molecular flexibility index (Phi) is 5.12. The van der Waals surface area contributed by atoms with Gasteiger partial charge in [-0.1, -0.05) is 56.3 Å². The Morgan fingerprint density at radius 3 is 2.36 bits per heavy atom. The van der Waals surface area contributed by atoms with Crippen molar-refractivity contribution in [2.24, 2.45) is 5.41 Å². The van der Waals surface area contributed by atoms with Gasteiger partial charge in [-0.25, -0.2) is 4.39 Å². The van der Waals surface area contributed by atoms with Crippen molar-refractivity contribution < 1.29 is 14.0 Å². The molecule has 3 aromatic rings. The van der Waals surface area contributed by atoms with Crippen molar-refractivity contribution in [2.45, 2.75) is 32.7 Å². The molecule has 2 N–H and O–H groups in total. The first-order valence-corrected chi connectivity index (χ1v) is 11.1. The van der Waals surface area contributed by atoms with Gasteiger partial charge in [-0.05, 0) is 47.7 Å². The Bertz CT molecular complexity index is 1280. The van der Waals surface area contributed by atoms with Crippen LogP contribution in [0.3, 0.4) is 0 Å². The fourth-order valence-electron chi connectivity index (χ4n) is 4.75. The van der Waals surface area contributed by atoms with Gasteiger partial charge in [0.15, 0.2) is 11.6 Å². The lowest BCUT2D eigenvalue weighted by Crippen LogP contribution is -2.31. The molecule has 0 radical (unpaired) electrons. The third-order valence-corrected chi connectivity index (χ3v) is 6.32. The zero-order chi connectivity index (χ0) is 23.2. The van der Waals surface area contributed by atoms with Crippen molar-refractivity contribution in [1.29, 1.82) is 0 Å². The maximum Gasteiger partial charge on any atom is 0.193 e. The van der Waals surface area contributed by atoms with Crippen molar-refractivity contribution >= 4 is 22.9 Å². The molecule has 3 aromatic carbocycles. The minimum Gasteiger partial charge on any atom is -0.372 e. The van der Waals surface area contributed by atoms with Crippen LogP contribution in [-0.4, -0.2) is 11.6 Å². The average molecular weight is 441 g/mol. The van der Waals surface area contributed by atoms with E-state index in [1.54, 1.807) is 30.3 Å². The molecule has 1 atom stereocenters. The largest absolute Gasteiger partial charge is 0.372 e. The number of hydrogen-bond acceptors (Lipinski definition) is 4. The molecule has 1 heterocycles. The highest BCUT2D eigenvalue weighted by Gasteiger charge is 2.38. The van der Waals surface area contributed by atoms with Gasteiger partial charge in [0.05, 0.1) is 17.4 Å². The molecule has 1 aliphatic carbocycles. The van der Waals surface area contributed by atoms with Crippen LogP contribution < -0.4 is 10.6 Å². The number of carbonyl (C=O) groups excluding carboxylic acids is 2. The van der Waals surface area contributed by atoms with Crippen LogP contribution in [0.4, 0.5) is 15.8 Å². The van der Waals surface area contributed by atoms with Gasteiger partial charge in [-0.3, -0.25) is 9.59 Å². The number of ketones is 2. The number of nitrogens with one attached hydrogen (secondary N) is 2. The maximum absolute atomic E-state index is 13.6. The van der Waals surface area contributed by atoms with E-state index in [0.29, 0.717) is 23.1 Å². The number of rotatable bonds is 3. The predicted molar refractivity (Wildman–Crippen MR) is 128 cm³/mol. The molecule has 0 saturated heterocycles. The molecule has 0 spiro atoms. The number of halogens is 1. The first-order chi connectivity index (χ1) is 15.8. The molecule has 1 aliphatic heterocycles. The fourth-order valence-corrected chi connectivity index (χ4v) is 4.75. The van der Waals surface area contributed by atoms with Crippen molar-refractivity contribution in [1.82, 2.24) is 0 Å². The van der Waals surface area contributed by atoms with Gasteiger partial charge in [0, 0.05) is 28.8 Å². The van der Waals surface area contributed by atoms with Crippen LogP contribution in [0, 0.1) is 11.2 Å². The van der Waals surface area contributed by atoms with E-state index >= 15 is 0 Å². The van der Waals surface area contributed by atoms with Crippen LogP contribution in [0.2, 0.25) is 0 Å². The van der Waals surface area contributed by atoms with Crippen molar-refractivity contribution in [2.75, 3.05) is 10.6 Å². The summed E-state index contributed by atoms with van der Waals surface area (Å²) in [5.41, 5.74) is 4.89. The third-order valence-electron chi connectivity index (χ3n) is 6.32. The molecule has 0 saturated carbocycles. The molecule has 5 rings (SSSR count). The lowest BCUT2D eigenvalue weighted by molar-refractivity contribution is -0.118. The van der Waals surface area contributed by atoms with Crippen LogP contribution in [0.5, 0.6) is 0 Å². The second-order valence-corrected chi connectivity index (χ2v) is 9.54. The number of Topliss-reactive ketones (excluding diaryl/α,β-unsaturated/α-hetero) is 1. The molecule has 0 unspecified atom stereocenters. The molecule has 0 fully saturated rings. The summed E-state index contributed by atoms with van der Waals surface area (Å²) in [7, 11) is 0. The van der Waals surface area contributed by atoms with Crippen molar-refractivity contribution in [3.63, 3.8) is 0 Å². The lowest BCUT2D eigenvalue weighted by Gasteiger charge is -2.34. The monoisotopic (exact) mass is 440 g/mol. The van der Waals surface area contributed by atoms with Crippen LogP contribution >= 0.6 is 0 Å². The normalized spacial score (nSPS) is 19.0. The zero-order valence-electron chi connectivity index (χ0n) is 18.6. The van der Waals surface area contributed by atoms with Gasteiger partial charge in [-0.2, -0.15) is 0 Å². The van der Waals surface area contributed by atoms with E-state index in [9.17, 15) is 14.0 Å². The molecule has 0 bridgehead atoms. The molecular formula is C28H25FN2O2. The number of allylic oxidation sites excluding steroid dienone is 1. The molecule has 0 amide bonds. The SMILES string of the molecule is CC1(C)CC(=O)C2=C(C1)Nc1ccc(C(=O)c3ccccc3)cc1N[C@@H]2c1ccc(F)cc1. The Labute approximate surface area is 192 Å². The number of carbonyl (C=O) groups is 2. The maximum atomic E-state index is 13.6. The first kappa shape index (κ1) is 21.1. The van der Waals surface area contributed by atoms with Crippen LogP contribution in [-0.2, 0) is 4.79 Å². The van der Waals surface area contributed by atoms with E-state index in [0.717, 1.165) is 29.1 Å². The Morgan fingerprint density at radius 1 is 0.909 bits per heavy atom. The summed E-state index contributed by atoms with van der Waals surface area (Å²) >= 11 is 0. The molecule has 4 nitrogen and oxygen atoms in total. The van der Waals surface area contributed by atoms with Crippen LogP contribution in [0.1, 0.15) is 54.2 Å². The Hall–Kier alpha value is -3.73. The topological polar surface area (TPSA) is 58.2 Å². The van der Waals surface area contributed by atoms with Gasteiger partial charge >= 0.3 is 0 Å². The van der Waals surface area contributed by atoms with Crippen molar-refractivity contribution in [3.8, 4) is 0 Å². The van der Waals surface area contributed by atoms with Gasteiger partial charge in [0.25, 0.3) is 0 Å². The van der Waals surface area contributed by atoms with Crippen molar-refractivity contribution in [3.05, 3.63) is 107 Å². The quantitative estimate of drug-likeness (QED) is 0.471. The van der Waals surface area contributed by atoms with Gasteiger partial charge in [0.1, 0.15) is 5.82 Å². The molecule has 5 heteroatoms. The van der Waals surface area contributed by atoms with Gasteiger partial charge in [-0.15, -0.1) is 0 Å². The first-order valence-electron chi connectivity index (χ1n) is 11.1. The summed E-state index contributed by atoms with van der Waals surface area (Å²) in [5.74, 6) is -0.325. The standard InChI is InChI=1S/C28H25FN2O2/c1-28(2)15-23-25(24(32)16-28)26(17-8-11-20(29)12-9-17)31-22-14-19(10-13-21(22)30-23)27(33)18-6-4-3-5-7-18/h3-14,26,30-31H,15-16H2,1-2H3/t26-/m1/s1. The fraction of sp³-hybridized carbons (Fsp3) is 0.214. The Balaban J connectivity index is 1.60. The summed E-state index contributed by atoms with van der Waals surface area (Å²) in [5, 5.41) is 6.96. The van der Waals surface area contributed by atoms with E-state index in [-0.39, 0.29) is 22.8 Å². The summed E-state index contributed by atoms with van der Waals surface area (Å²) < 4.78 is 13.6. The number of hydrogen-bond donors (Lipinski definition) is 2. The van der Waals surface area contributed by atoms with E-state index in [2.05, 4.69) is 24.5 Å². The second kappa shape index (κ2) is 8.00. The Morgan fingerprint density at radius 2 is 1.64 bits per heavy atom. The van der Waals surface area contributed by atoms with Gasteiger partial charge in [0.2, 0.25) is 0 Å². The van der Waals surface area contributed by atoms with E-state index in [4.69, 9.17) is 0 Å². The van der Waals surface area contributed by atoms with E-state index in [1.807, 2.05) is 30.3 Å². The molecule has 0 aromatic heterocycles. The highest BCUT2D eigenvalue weighted by molar-refractivity contribution is 6.10. The van der Waals surface area contributed by atoms with E-state index < -0.39 is 6.04 Å². The summed E-state index contributed by atoms with van der Waals surface area (Å²) in [6.45, 7) is 4.17. The predicted octanol–water partition coefficient (Wildman–Crippen LogP) is 6.28. The van der Waals surface area contributed by atoms with Crippen LogP contribution in [0.15, 0.2) is 84.1 Å². The highest BCUT2D eigenvalue weighted by atomic mass is 19.1. The summed E-state index contributed by atoms with van der Waals surface area (Å²) in [6.07, 6.45) is 1.17. The molecular weight excluding hydrogens is 415 g/mol. The number of benzene rings is 3. The molecule has 2 aliphatic rings. The highest BCUT2D eigenvalue weighted by Crippen LogP contribution is 2.45. The minimum absolute atomic E-state index is 0.0716. The van der Waals surface area contributed by atoms with E-state index in [1.165, 1.54) is 12.1 Å². The number of fused-ring (bicyclic) bond motifs is 1. The number of anilines is 2. The summed E-state index contributed by atoms with van der Waals surface area (Å²) in [6, 6.07) is 20.4. The molecule has 166 valence electrons. The summed E-state index contributed by atoms with van der Waals surface area (Å²) in [4.78, 5) is 26.3. The average Bonchev–Trinajstić information content (AvgIpc) is 2.95.